The molecule has 2 nitrogen and oxygen atoms in total. The molecule has 3 heterocycles. The third-order valence-electron chi connectivity index (χ3n) is 3.59. The van der Waals surface area contributed by atoms with Crippen molar-refractivity contribution in [1.82, 2.24) is 4.90 Å². The minimum atomic E-state index is 0.846. The van der Waals surface area contributed by atoms with E-state index >= 15 is 0 Å². The monoisotopic (exact) mass is 255 g/mol. The van der Waals surface area contributed by atoms with Crippen molar-refractivity contribution < 1.29 is 4.42 Å². The van der Waals surface area contributed by atoms with Gasteiger partial charge in [-0.2, -0.15) is 0 Å². The second-order valence-corrected chi connectivity index (χ2v) is 5.18. The summed E-state index contributed by atoms with van der Waals surface area (Å²) < 4.78 is 6.10. The first kappa shape index (κ1) is 8.98. The lowest BCUT2D eigenvalue weighted by molar-refractivity contribution is 0.243. The Bertz CT molecular complexity index is 316. The molecule has 0 aromatic carbocycles. The van der Waals surface area contributed by atoms with E-state index in [0.717, 1.165) is 23.3 Å². The van der Waals surface area contributed by atoms with Crippen LogP contribution >= 0.6 is 15.9 Å². The van der Waals surface area contributed by atoms with Crippen LogP contribution in [0.25, 0.3) is 0 Å². The van der Waals surface area contributed by atoms with Gasteiger partial charge in [-0.1, -0.05) is 0 Å². The summed E-state index contributed by atoms with van der Waals surface area (Å²) in [5.74, 6) is 0. The first-order valence-electron chi connectivity index (χ1n) is 5.31. The fraction of sp³-hybridized carbons (Fsp3) is 0.636. The fourth-order valence-corrected chi connectivity index (χ4v) is 3.30. The SMILES string of the molecule is Brc1cc(CN2C3CCC2CC3)co1. The molecule has 0 amide bonds. The Balaban J connectivity index is 1.73. The zero-order valence-electron chi connectivity index (χ0n) is 8.08. The van der Waals surface area contributed by atoms with E-state index < -0.39 is 0 Å². The average molecular weight is 256 g/mol. The molecule has 0 aliphatic carbocycles. The Morgan fingerprint density at radius 2 is 1.93 bits per heavy atom. The van der Waals surface area contributed by atoms with E-state index in [4.69, 9.17) is 4.42 Å². The Labute approximate surface area is 92.4 Å². The quantitative estimate of drug-likeness (QED) is 0.808. The van der Waals surface area contributed by atoms with Gasteiger partial charge in [0, 0.05) is 24.2 Å². The number of fused-ring (bicyclic) bond motifs is 2. The molecule has 0 radical (unpaired) electrons. The standard InChI is InChI=1S/C11H14BrNO/c12-11-5-8(7-14-11)6-13-9-1-2-10(13)4-3-9/h5,7,9-10H,1-4,6H2. The highest BCUT2D eigenvalue weighted by atomic mass is 79.9. The van der Waals surface area contributed by atoms with E-state index in [2.05, 4.69) is 26.9 Å². The maximum atomic E-state index is 5.26. The summed E-state index contributed by atoms with van der Waals surface area (Å²) in [7, 11) is 0. The highest BCUT2D eigenvalue weighted by Gasteiger charge is 2.38. The predicted octanol–water partition coefficient (Wildman–Crippen LogP) is 3.17. The van der Waals surface area contributed by atoms with E-state index in [1.165, 1.54) is 31.2 Å². The molecule has 2 aliphatic rings. The number of rotatable bonds is 2. The highest BCUT2D eigenvalue weighted by Crippen LogP contribution is 2.38. The normalized spacial score (nSPS) is 31.5. The van der Waals surface area contributed by atoms with E-state index in [9.17, 15) is 0 Å². The third-order valence-corrected chi connectivity index (χ3v) is 4.01. The van der Waals surface area contributed by atoms with E-state index in [1.807, 2.05) is 6.26 Å². The predicted molar refractivity (Wildman–Crippen MR) is 58.0 cm³/mol. The fourth-order valence-electron chi connectivity index (χ4n) is 2.92. The maximum absolute atomic E-state index is 5.26. The molecule has 0 unspecified atom stereocenters. The van der Waals surface area contributed by atoms with Gasteiger partial charge in [-0.05, 0) is 47.7 Å². The first-order chi connectivity index (χ1) is 6.83. The lowest BCUT2D eigenvalue weighted by Crippen LogP contribution is -2.27. The molecule has 2 bridgehead atoms. The van der Waals surface area contributed by atoms with Crippen molar-refractivity contribution in [3.63, 3.8) is 0 Å². The molecule has 0 atom stereocenters. The van der Waals surface area contributed by atoms with Crippen molar-refractivity contribution in [1.29, 1.82) is 0 Å². The summed E-state index contributed by atoms with van der Waals surface area (Å²) in [6.45, 7) is 1.07. The number of hydrogen-bond donors (Lipinski definition) is 0. The molecule has 3 rings (SSSR count). The average Bonchev–Trinajstić information content (AvgIpc) is 2.85. The van der Waals surface area contributed by atoms with Crippen molar-refractivity contribution in [2.75, 3.05) is 0 Å². The topological polar surface area (TPSA) is 16.4 Å². The smallest absolute Gasteiger partial charge is 0.169 e. The van der Waals surface area contributed by atoms with Crippen LogP contribution in [0.15, 0.2) is 21.4 Å². The highest BCUT2D eigenvalue weighted by molar-refractivity contribution is 9.10. The zero-order valence-corrected chi connectivity index (χ0v) is 9.66. The zero-order chi connectivity index (χ0) is 9.54. The van der Waals surface area contributed by atoms with Gasteiger partial charge in [0.05, 0.1) is 6.26 Å². The second kappa shape index (κ2) is 3.38. The first-order valence-corrected chi connectivity index (χ1v) is 6.11. The van der Waals surface area contributed by atoms with Gasteiger partial charge < -0.3 is 4.42 Å². The maximum Gasteiger partial charge on any atom is 0.169 e. The van der Waals surface area contributed by atoms with Crippen LogP contribution in [0.1, 0.15) is 31.2 Å². The molecular formula is C11H14BrNO. The Kier molecular flexibility index (Phi) is 2.17. The van der Waals surface area contributed by atoms with Gasteiger partial charge in [-0.25, -0.2) is 0 Å². The van der Waals surface area contributed by atoms with Crippen molar-refractivity contribution in [3.8, 4) is 0 Å². The van der Waals surface area contributed by atoms with Crippen molar-refractivity contribution in [3.05, 3.63) is 22.6 Å². The molecule has 76 valence electrons. The minimum absolute atomic E-state index is 0.846. The van der Waals surface area contributed by atoms with Crippen LogP contribution in [0, 0.1) is 0 Å². The van der Waals surface area contributed by atoms with Crippen molar-refractivity contribution >= 4 is 15.9 Å². The van der Waals surface area contributed by atoms with Gasteiger partial charge in [-0.15, -0.1) is 0 Å². The van der Waals surface area contributed by atoms with Crippen LogP contribution in [-0.4, -0.2) is 17.0 Å². The summed E-state index contributed by atoms with van der Waals surface area (Å²) in [5, 5.41) is 0. The van der Waals surface area contributed by atoms with Gasteiger partial charge in [0.1, 0.15) is 0 Å². The van der Waals surface area contributed by atoms with Crippen LogP contribution in [0.3, 0.4) is 0 Å². The Morgan fingerprint density at radius 1 is 1.29 bits per heavy atom. The summed E-state index contributed by atoms with van der Waals surface area (Å²) in [5.41, 5.74) is 1.30. The summed E-state index contributed by atoms with van der Waals surface area (Å²) >= 11 is 3.34. The molecule has 2 fully saturated rings. The molecule has 1 aromatic rings. The third kappa shape index (κ3) is 1.43. The lowest BCUT2D eigenvalue weighted by atomic mass is 10.0. The number of furan rings is 1. The number of halogens is 1. The Hall–Kier alpha value is -0.280. The van der Waals surface area contributed by atoms with Crippen LogP contribution in [0.4, 0.5) is 0 Å². The molecule has 0 saturated carbocycles. The Morgan fingerprint density at radius 3 is 2.43 bits per heavy atom. The number of hydrogen-bond acceptors (Lipinski definition) is 2. The molecule has 2 aliphatic heterocycles. The minimum Gasteiger partial charge on any atom is -0.457 e. The van der Waals surface area contributed by atoms with Crippen LogP contribution < -0.4 is 0 Å². The van der Waals surface area contributed by atoms with Gasteiger partial charge >= 0.3 is 0 Å². The van der Waals surface area contributed by atoms with Gasteiger partial charge in [0.25, 0.3) is 0 Å². The van der Waals surface area contributed by atoms with E-state index in [0.29, 0.717) is 0 Å². The lowest BCUT2D eigenvalue weighted by Gasteiger charge is -2.20. The summed E-state index contributed by atoms with van der Waals surface area (Å²) in [6, 6.07) is 3.79. The van der Waals surface area contributed by atoms with Crippen molar-refractivity contribution in [2.45, 2.75) is 44.3 Å². The molecule has 0 N–H and O–H groups in total. The van der Waals surface area contributed by atoms with Gasteiger partial charge in [-0.3, -0.25) is 4.90 Å². The number of nitrogens with zero attached hydrogens (tertiary/aromatic N) is 1. The second-order valence-electron chi connectivity index (χ2n) is 4.39. The molecule has 0 spiro atoms. The van der Waals surface area contributed by atoms with Crippen LogP contribution in [-0.2, 0) is 6.54 Å². The molecule has 1 aromatic heterocycles. The summed E-state index contributed by atoms with van der Waals surface area (Å²) in [6.07, 6.45) is 7.49. The van der Waals surface area contributed by atoms with E-state index in [1.54, 1.807) is 0 Å². The van der Waals surface area contributed by atoms with Crippen LogP contribution in [0.5, 0.6) is 0 Å². The van der Waals surface area contributed by atoms with Gasteiger partial charge in [0.2, 0.25) is 0 Å². The van der Waals surface area contributed by atoms with E-state index in [-0.39, 0.29) is 0 Å². The van der Waals surface area contributed by atoms with Crippen LogP contribution in [0.2, 0.25) is 0 Å². The molecule has 3 heteroatoms. The van der Waals surface area contributed by atoms with Crippen molar-refractivity contribution in [2.24, 2.45) is 0 Å². The molecule has 14 heavy (non-hydrogen) atoms. The van der Waals surface area contributed by atoms with Gasteiger partial charge in [0.15, 0.2) is 4.67 Å². The summed E-state index contributed by atoms with van der Waals surface area (Å²) in [4.78, 5) is 2.65. The molecular weight excluding hydrogens is 242 g/mol. The molecule has 2 saturated heterocycles. The largest absolute Gasteiger partial charge is 0.457 e.